The maximum atomic E-state index is 12.8. The second-order valence-corrected chi connectivity index (χ2v) is 6.68. The van der Waals surface area contributed by atoms with Crippen molar-refractivity contribution in [2.45, 2.75) is 12.8 Å². The third-order valence-electron chi connectivity index (χ3n) is 3.46. The number of anilines is 1. The van der Waals surface area contributed by atoms with E-state index in [2.05, 4.69) is 37.9 Å². The van der Waals surface area contributed by atoms with Crippen LogP contribution in [0.3, 0.4) is 0 Å². The molecular formula is C16H13Br2NO. The molecule has 102 valence electrons. The summed E-state index contributed by atoms with van der Waals surface area (Å²) in [6.45, 7) is 0.778. The van der Waals surface area contributed by atoms with Crippen LogP contribution in [0.25, 0.3) is 0 Å². The molecule has 0 fully saturated rings. The minimum absolute atomic E-state index is 0.0548. The molecule has 2 nitrogen and oxygen atoms in total. The van der Waals surface area contributed by atoms with Crippen molar-refractivity contribution >= 4 is 43.5 Å². The Morgan fingerprint density at radius 3 is 2.50 bits per heavy atom. The molecule has 20 heavy (non-hydrogen) atoms. The van der Waals surface area contributed by atoms with E-state index in [0.717, 1.165) is 34.0 Å². The van der Waals surface area contributed by atoms with Crippen molar-refractivity contribution in [3.05, 3.63) is 62.5 Å². The van der Waals surface area contributed by atoms with Gasteiger partial charge in [0.25, 0.3) is 5.91 Å². The van der Waals surface area contributed by atoms with E-state index in [1.165, 1.54) is 5.56 Å². The van der Waals surface area contributed by atoms with Crippen molar-refractivity contribution < 1.29 is 4.79 Å². The summed E-state index contributed by atoms with van der Waals surface area (Å²) in [5.41, 5.74) is 2.99. The van der Waals surface area contributed by atoms with Gasteiger partial charge in [0.15, 0.2) is 0 Å². The SMILES string of the molecule is O=C(c1cc(Br)cc(Br)c1)N1CCCc2ccccc21. The van der Waals surface area contributed by atoms with E-state index in [9.17, 15) is 4.79 Å². The lowest BCUT2D eigenvalue weighted by Crippen LogP contribution is -2.35. The largest absolute Gasteiger partial charge is 0.308 e. The lowest BCUT2D eigenvalue weighted by Gasteiger charge is -2.29. The van der Waals surface area contributed by atoms with Crippen molar-refractivity contribution in [2.24, 2.45) is 0 Å². The van der Waals surface area contributed by atoms with Crippen LogP contribution in [0.1, 0.15) is 22.3 Å². The Balaban J connectivity index is 1.99. The molecule has 3 rings (SSSR count). The average molecular weight is 395 g/mol. The zero-order valence-electron chi connectivity index (χ0n) is 10.8. The smallest absolute Gasteiger partial charge is 0.258 e. The Hall–Kier alpha value is -1.13. The Morgan fingerprint density at radius 2 is 1.75 bits per heavy atom. The maximum Gasteiger partial charge on any atom is 0.258 e. The molecule has 0 radical (unpaired) electrons. The molecule has 0 saturated heterocycles. The summed E-state index contributed by atoms with van der Waals surface area (Å²) in [5, 5.41) is 0. The molecule has 0 spiro atoms. The van der Waals surface area contributed by atoms with Gasteiger partial charge in [-0.2, -0.15) is 0 Å². The quantitative estimate of drug-likeness (QED) is 0.679. The molecule has 0 N–H and O–H groups in total. The molecule has 0 aromatic heterocycles. The van der Waals surface area contributed by atoms with Gasteiger partial charge in [-0.1, -0.05) is 50.1 Å². The van der Waals surface area contributed by atoms with E-state index in [-0.39, 0.29) is 5.91 Å². The zero-order chi connectivity index (χ0) is 14.1. The van der Waals surface area contributed by atoms with Crippen molar-refractivity contribution in [1.82, 2.24) is 0 Å². The number of nitrogens with zero attached hydrogens (tertiary/aromatic N) is 1. The van der Waals surface area contributed by atoms with Crippen LogP contribution in [0.2, 0.25) is 0 Å². The van der Waals surface area contributed by atoms with Crippen LogP contribution in [0, 0.1) is 0 Å². The first-order chi connectivity index (χ1) is 9.65. The van der Waals surface area contributed by atoms with Crippen LogP contribution in [0.5, 0.6) is 0 Å². The molecule has 2 aromatic rings. The fourth-order valence-electron chi connectivity index (χ4n) is 2.58. The Bertz CT molecular complexity index is 649. The molecule has 1 heterocycles. The maximum absolute atomic E-state index is 12.8. The van der Waals surface area contributed by atoms with E-state index in [1.807, 2.05) is 41.3 Å². The number of amides is 1. The summed E-state index contributed by atoms with van der Waals surface area (Å²) in [6, 6.07) is 13.8. The zero-order valence-corrected chi connectivity index (χ0v) is 13.9. The van der Waals surface area contributed by atoms with Crippen LogP contribution >= 0.6 is 31.9 Å². The van der Waals surface area contributed by atoms with E-state index in [4.69, 9.17) is 0 Å². The lowest BCUT2D eigenvalue weighted by molar-refractivity contribution is 0.0985. The molecule has 1 amide bonds. The summed E-state index contributed by atoms with van der Waals surface area (Å²) in [4.78, 5) is 14.6. The first kappa shape index (κ1) is 13.8. The number of fused-ring (bicyclic) bond motifs is 1. The first-order valence-corrected chi connectivity index (χ1v) is 8.09. The summed E-state index contributed by atoms with van der Waals surface area (Å²) in [7, 11) is 0. The highest BCUT2D eigenvalue weighted by Crippen LogP contribution is 2.29. The molecular weight excluding hydrogens is 382 g/mol. The fraction of sp³-hybridized carbons (Fsp3) is 0.188. The molecule has 4 heteroatoms. The predicted molar refractivity (Wildman–Crippen MR) is 88.3 cm³/mol. The minimum atomic E-state index is 0.0548. The lowest BCUT2D eigenvalue weighted by atomic mass is 10.0. The van der Waals surface area contributed by atoms with Gasteiger partial charge in [-0.15, -0.1) is 0 Å². The van der Waals surface area contributed by atoms with Gasteiger partial charge < -0.3 is 4.90 Å². The molecule has 0 saturated carbocycles. The number of hydrogen-bond acceptors (Lipinski definition) is 1. The van der Waals surface area contributed by atoms with Crippen LogP contribution in [-0.2, 0) is 6.42 Å². The number of rotatable bonds is 1. The molecule has 0 unspecified atom stereocenters. The highest BCUT2D eigenvalue weighted by Gasteiger charge is 2.23. The van der Waals surface area contributed by atoms with Crippen LogP contribution in [0.4, 0.5) is 5.69 Å². The van der Waals surface area contributed by atoms with Crippen molar-refractivity contribution in [3.8, 4) is 0 Å². The number of carbonyl (C=O) groups is 1. The number of benzene rings is 2. The third-order valence-corrected chi connectivity index (χ3v) is 4.38. The van der Waals surface area contributed by atoms with Gasteiger partial charge in [-0.25, -0.2) is 0 Å². The van der Waals surface area contributed by atoms with Crippen molar-refractivity contribution in [1.29, 1.82) is 0 Å². The Morgan fingerprint density at radius 1 is 1.05 bits per heavy atom. The molecule has 2 aromatic carbocycles. The number of hydrogen-bond donors (Lipinski definition) is 0. The number of halogens is 2. The normalized spacial score (nSPS) is 14.0. The molecule has 1 aliphatic rings. The molecule has 1 aliphatic heterocycles. The molecule has 0 atom stereocenters. The average Bonchev–Trinajstić information content (AvgIpc) is 2.45. The standard InChI is InChI=1S/C16H13Br2NO/c17-13-8-12(9-14(18)10-13)16(20)19-7-3-5-11-4-1-2-6-15(11)19/h1-2,4,6,8-10H,3,5,7H2. The van der Waals surface area contributed by atoms with Gasteiger partial charge in [-0.3, -0.25) is 4.79 Å². The second-order valence-electron chi connectivity index (χ2n) is 4.85. The van der Waals surface area contributed by atoms with Gasteiger partial charge in [0, 0.05) is 26.7 Å². The molecule has 0 bridgehead atoms. The highest BCUT2D eigenvalue weighted by atomic mass is 79.9. The number of para-hydroxylation sites is 1. The first-order valence-electron chi connectivity index (χ1n) is 6.51. The second kappa shape index (κ2) is 5.70. The van der Waals surface area contributed by atoms with Gasteiger partial charge in [0.05, 0.1) is 0 Å². The Labute approximate surface area is 135 Å². The van der Waals surface area contributed by atoms with Crippen LogP contribution < -0.4 is 4.90 Å². The van der Waals surface area contributed by atoms with Crippen molar-refractivity contribution in [2.75, 3.05) is 11.4 Å². The fourth-order valence-corrected chi connectivity index (χ4v) is 3.87. The summed E-state index contributed by atoms with van der Waals surface area (Å²) in [6.07, 6.45) is 2.06. The van der Waals surface area contributed by atoms with Gasteiger partial charge >= 0.3 is 0 Å². The van der Waals surface area contributed by atoms with Crippen molar-refractivity contribution in [3.63, 3.8) is 0 Å². The minimum Gasteiger partial charge on any atom is -0.308 e. The number of carbonyl (C=O) groups excluding carboxylic acids is 1. The highest BCUT2D eigenvalue weighted by molar-refractivity contribution is 9.11. The van der Waals surface area contributed by atoms with E-state index >= 15 is 0 Å². The number of aryl methyl sites for hydroxylation is 1. The summed E-state index contributed by atoms with van der Waals surface area (Å²) < 4.78 is 1.81. The van der Waals surface area contributed by atoms with Gasteiger partial charge in [0.1, 0.15) is 0 Å². The van der Waals surface area contributed by atoms with E-state index in [0.29, 0.717) is 5.56 Å². The van der Waals surface area contributed by atoms with E-state index < -0.39 is 0 Å². The predicted octanol–water partition coefficient (Wildman–Crippen LogP) is 4.80. The Kier molecular flexibility index (Phi) is 3.94. The van der Waals surface area contributed by atoms with Crippen LogP contribution in [-0.4, -0.2) is 12.5 Å². The van der Waals surface area contributed by atoms with E-state index in [1.54, 1.807) is 0 Å². The van der Waals surface area contributed by atoms with Crippen LogP contribution in [0.15, 0.2) is 51.4 Å². The topological polar surface area (TPSA) is 20.3 Å². The third kappa shape index (κ3) is 2.67. The van der Waals surface area contributed by atoms with Gasteiger partial charge in [0.2, 0.25) is 0 Å². The summed E-state index contributed by atoms with van der Waals surface area (Å²) in [5.74, 6) is 0.0548. The summed E-state index contributed by atoms with van der Waals surface area (Å²) >= 11 is 6.87. The molecule has 0 aliphatic carbocycles. The van der Waals surface area contributed by atoms with Gasteiger partial charge in [-0.05, 0) is 42.7 Å². The monoisotopic (exact) mass is 393 g/mol.